The number of fused-ring (bicyclic) bond motifs is 23. The normalized spacial score (nSPS) is 15.1. The molecule has 0 aliphatic heterocycles. The van der Waals surface area contributed by atoms with Gasteiger partial charge >= 0.3 is 0 Å². The second kappa shape index (κ2) is 23.6. The fraction of sp³-hybridized carbons (Fsp3) is 0.0741. The Labute approximate surface area is 639 Å². The smallest absolute Gasteiger partial charge is 0.0547 e. The van der Waals surface area contributed by atoms with E-state index in [0.29, 0.717) is 0 Å². The van der Waals surface area contributed by atoms with Gasteiger partial charge in [-0.25, -0.2) is 0 Å². The average molecular weight is 1400 g/mol. The first-order valence-corrected chi connectivity index (χ1v) is 38.9. The lowest BCUT2D eigenvalue weighted by Crippen LogP contribution is -2.14. The van der Waals surface area contributed by atoms with E-state index >= 15 is 0 Å². The fourth-order valence-electron chi connectivity index (χ4n) is 20.6. The Morgan fingerprint density at radius 1 is 0.209 bits per heavy atom. The van der Waals surface area contributed by atoms with E-state index in [1.807, 2.05) is 0 Å². The van der Waals surface area contributed by atoms with Gasteiger partial charge in [-0.2, -0.15) is 0 Å². The van der Waals surface area contributed by atoms with Gasteiger partial charge in [0.1, 0.15) is 0 Å². The van der Waals surface area contributed by atoms with E-state index < -0.39 is 0 Å². The first-order valence-electron chi connectivity index (χ1n) is 38.9. The molecule has 0 spiro atoms. The van der Waals surface area contributed by atoms with Gasteiger partial charge in [0.25, 0.3) is 0 Å². The van der Waals surface area contributed by atoms with Crippen molar-refractivity contribution >= 4 is 86.7 Å². The van der Waals surface area contributed by atoms with Crippen molar-refractivity contribution in [3.63, 3.8) is 0 Å². The van der Waals surface area contributed by atoms with Gasteiger partial charge in [0.2, 0.25) is 0 Å². The van der Waals surface area contributed by atoms with Crippen molar-refractivity contribution in [3.8, 4) is 78.1 Å². The number of nitrogens with zero attached hydrogens (tertiary/aromatic N) is 2. The molecule has 110 heavy (non-hydrogen) atoms. The molecule has 20 aromatic rings. The molecular weight excluding hydrogens is 1330 g/mol. The summed E-state index contributed by atoms with van der Waals surface area (Å²) in [6.45, 7) is 9.53. The maximum atomic E-state index is 2.51. The molecule has 2 heterocycles. The van der Waals surface area contributed by atoms with Gasteiger partial charge in [-0.05, 0) is 221 Å². The Morgan fingerprint density at radius 2 is 0.582 bits per heavy atom. The van der Waals surface area contributed by atoms with Gasteiger partial charge in [-0.15, -0.1) is 0 Å². The maximum Gasteiger partial charge on any atom is 0.0547 e. The lowest BCUT2D eigenvalue weighted by molar-refractivity contribution is 0.661. The van der Waals surface area contributed by atoms with Crippen molar-refractivity contribution < 1.29 is 0 Å². The van der Waals surface area contributed by atoms with Crippen LogP contribution < -0.4 is 0 Å². The molecule has 4 aliphatic carbocycles. The van der Waals surface area contributed by atoms with Crippen LogP contribution in [-0.4, -0.2) is 9.13 Å². The highest BCUT2D eigenvalue weighted by molar-refractivity contribution is 6.20. The van der Waals surface area contributed by atoms with Crippen LogP contribution in [0, 0.1) is 0 Å². The highest BCUT2D eigenvalue weighted by atomic mass is 15.0. The fourth-order valence-corrected chi connectivity index (χ4v) is 20.6. The summed E-state index contributed by atoms with van der Waals surface area (Å²) in [4.78, 5) is 0. The van der Waals surface area contributed by atoms with Crippen LogP contribution >= 0.6 is 0 Å². The molecule has 0 fully saturated rings. The second-order valence-corrected chi connectivity index (χ2v) is 32.1. The molecule has 0 amide bonds. The quantitative estimate of drug-likeness (QED) is 0.157. The zero-order chi connectivity index (χ0) is 72.8. The van der Waals surface area contributed by atoms with Crippen molar-refractivity contribution in [3.05, 3.63) is 420 Å². The van der Waals surface area contributed by atoms with E-state index in [9.17, 15) is 0 Å². The molecule has 0 bridgehead atoms. The molecule has 0 N–H and O–H groups in total. The summed E-state index contributed by atoms with van der Waals surface area (Å²) in [5.74, 6) is 0.389. The SMILES string of the molecule is CC1(C)c2ccccc2-c2c1ccc1c2c2cc(-c3ccc4c(c3)-c3ccccc3C4c3cccc4ccccc34)ccc2n1-c1cccc2ccccc12.CC1(C)c2ccccc2-c2cc3c(cc21)c1cc(-c2ccc4c(c2)-c2ccccc2C4c2cccc4ccccc24)ccc1n3-c1cccc2ccccc12. The lowest BCUT2D eigenvalue weighted by atomic mass is 9.82. The van der Waals surface area contributed by atoms with Crippen LogP contribution in [0.5, 0.6) is 0 Å². The third kappa shape index (κ3) is 8.99. The van der Waals surface area contributed by atoms with Crippen LogP contribution in [0.15, 0.2) is 364 Å². The van der Waals surface area contributed by atoms with Gasteiger partial charge in [0.05, 0.1) is 33.4 Å². The molecule has 2 atom stereocenters. The first-order chi connectivity index (χ1) is 54.1. The summed E-state index contributed by atoms with van der Waals surface area (Å²) >= 11 is 0. The Bertz CT molecular complexity index is 7260. The molecule has 0 saturated heterocycles. The predicted octanol–water partition coefficient (Wildman–Crippen LogP) is 28.4. The van der Waals surface area contributed by atoms with Crippen molar-refractivity contribution in [1.82, 2.24) is 9.13 Å². The third-order valence-corrected chi connectivity index (χ3v) is 25.7. The highest BCUT2D eigenvalue weighted by Gasteiger charge is 2.40. The van der Waals surface area contributed by atoms with Crippen LogP contribution in [0.2, 0.25) is 0 Å². The summed E-state index contributed by atoms with van der Waals surface area (Å²) in [5, 5.41) is 15.4. The zero-order valence-corrected chi connectivity index (χ0v) is 61.7. The Morgan fingerprint density at radius 3 is 1.15 bits per heavy atom. The topological polar surface area (TPSA) is 9.86 Å². The van der Waals surface area contributed by atoms with E-state index in [-0.39, 0.29) is 22.7 Å². The monoisotopic (exact) mass is 1400 g/mol. The maximum absolute atomic E-state index is 2.51. The van der Waals surface area contributed by atoms with Crippen molar-refractivity contribution in [1.29, 1.82) is 0 Å². The second-order valence-electron chi connectivity index (χ2n) is 32.1. The predicted molar refractivity (Wildman–Crippen MR) is 463 cm³/mol. The van der Waals surface area contributed by atoms with Gasteiger partial charge in [0, 0.05) is 55.0 Å². The van der Waals surface area contributed by atoms with Crippen LogP contribution in [-0.2, 0) is 10.8 Å². The summed E-state index contributed by atoms with van der Waals surface area (Å²) in [5.41, 5.74) is 36.8. The highest BCUT2D eigenvalue weighted by Crippen LogP contribution is 2.57. The van der Waals surface area contributed by atoms with E-state index in [2.05, 4.69) is 401 Å². The number of aromatic nitrogens is 2. The van der Waals surface area contributed by atoms with Crippen molar-refractivity contribution in [2.45, 2.75) is 50.4 Å². The Balaban J connectivity index is 0.000000132. The van der Waals surface area contributed by atoms with E-state index in [1.165, 1.54) is 220 Å². The van der Waals surface area contributed by atoms with Crippen LogP contribution in [0.4, 0.5) is 0 Å². The minimum atomic E-state index is -0.0837. The summed E-state index contributed by atoms with van der Waals surface area (Å²) in [7, 11) is 0. The molecule has 24 rings (SSSR count). The molecule has 18 aromatic carbocycles. The number of hydrogen-bond acceptors (Lipinski definition) is 0. The first kappa shape index (κ1) is 62.8. The Kier molecular flexibility index (Phi) is 13.4. The standard InChI is InChI=1S/2C54H37N/c1-54(2)48-23-10-9-20-40(48)45-32-52-47(31-49(45)54)46-30-36(26-28-51(46)55(52)50-24-12-16-34-14-4-6-18-38(34)50)35-25-27-43-44(29-35)39-19-7-8-21-42(39)53(43)41-22-11-15-33-13-3-5-17-37(33)41;1-54(2)46-23-10-9-21-43(46)52-47(54)28-30-50-53(52)45-32-36(26-29-49(45)55(50)48-24-12-16-34-14-4-6-18-38(34)48)35-25-27-42-44(31-35)39-19-7-8-20-41(39)51(42)40-22-11-15-33-13-3-5-17-37(33)40/h3-32,53H,1-2H3;3-32,51H,1-2H3. The molecule has 2 heteroatoms. The van der Waals surface area contributed by atoms with Gasteiger partial charge < -0.3 is 9.13 Å². The largest absolute Gasteiger partial charge is 0.309 e. The summed E-state index contributed by atoms with van der Waals surface area (Å²) in [6.07, 6.45) is 0. The lowest BCUT2D eigenvalue weighted by Gasteiger charge is -2.21. The van der Waals surface area contributed by atoms with Gasteiger partial charge in [-0.3, -0.25) is 0 Å². The average Bonchev–Trinajstić information content (AvgIpc) is 1.54. The minimum Gasteiger partial charge on any atom is -0.309 e. The van der Waals surface area contributed by atoms with Crippen LogP contribution in [0.1, 0.15) is 95.2 Å². The van der Waals surface area contributed by atoms with Crippen LogP contribution in [0.3, 0.4) is 0 Å². The van der Waals surface area contributed by atoms with Gasteiger partial charge in [0.15, 0.2) is 0 Å². The molecule has 0 radical (unpaired) electrons. The van der Waals surface area contributed by atoms with E-state index in [1.54, 1.807) is 0 Å². The summed E-state index contributed by atoms with van der Waals surface area (Å²) in [6, 6.07) is 137. The van der Waals surface area contributed by atoms with E-state index in [4.69, 9.17) is 0 Å². The summed E-state index contributed by atoms with van der Waals surface area (Å²) < 4.78 is 5.03. The molecule has 2 nitrogen and oxygen atoms in total. The van der Waals surface area contributed by atoms with E-state index in [0.717, 1.165) is 0 Å². The number of benzene rings is 18. The van der Waals surface area contributed by atoms with Crippen LogP contribution in [0.25, 0.3) is 165 Å². The third-order valence-electron chi connectivity index (χ3n) is 25.7. The Hall–Kier alpha value is -13.4. The number of rotatable bonds is 6. The van der Waals surface area contributed by atoms with Gasteiger partial charge in [-0.1, -0.05) is 325 Å². The molecule has 2 aromatic heterocycles. The zero-order valence-electron chi connectivity index (χ0n) is 61.7. The molecule has 4 aliphatic rings. The number of hydrogen-bond donors (Lipinski definition) is 0. The van der Waals surface area contributed by atoms with Crippen molar-refractivity contribution in [2.75, 3.05) is 0 Å². The minimum absolute atomic E-state index is 0.0837. The molecule has 2 unspecified atom stereocenters. The van der Waals surface area contributed by atoms with Crippen molar-refractivity contribution in [2.24, 2.45) is 0 Å². The molecule has 516 valence electrons. The molecular formula is C108H74N2. The molecule has 0 saturated carbocycles.